The highest BCUT2D eigenvalue weighted by atomic mass is 16.6. The summed E-state index contributed by atoms with van der Waals surface area (Å²) < 4.78 is 40.3. The van der Waals surface area contributed by atoms with Crippen molar-refractivity contribution in [3.8, 4) is 34.8 Å². The van der Waals surface area contributed by atoms with Crippen LogP contribution in [0.1, 0.15) is 30.9 Å². The fourth-order valence-corrected chi connectivity index (χ4v) is 6.15. The number of carbonyl (C=O) groups is 1. The first-order chi connectivity index (χ1) is 28.6. The highest BCUT2D eigenvalue weighted by Gasteiger charge is 2.31. The number of nitro groups is 1. The van der Waals surface area contributed by atoms with E-state index in [1.165, 1.54) is 13.2 Å². The molecule has 59 heavy (non-hydrogen) atoms. The van der Waals surface area contributed by atoms with Crippen LogP contribution in [0.5, 0.6) is 34.8 Å². The Morgan fingerprint density at radius 1 is 0.814 bits per heavy atom. The molecule has 5 aromatic rings. The molecule has 19 heteroatoms. The molecule has 19 nitrogen and oxygen atoms in total. The van der Waals surface area contributed by atoms with Gasteiger partial charge in [-0.2, -0.15) is 9.97 Å². The number of ether oxygens (including phenoxy) is 7. The van der Waals surface area contributed by atoms with Gasteiger partial charge in [0.25, 0.3) is 0 Å². The zero-order valence-corrected chi connectivity index (χ0v) is 32.7. The number of aromatic nitrogens is 4. The Kier molecular flexibility index (Phi) is 13.4. The Labute approximate surface area is 337 Å². The largest absolute Gasteiger partial charge is 0.497 e. The third-order valence-electron chi connectivity index (χ3n) is 8.84. The second-order valence-electron chi connectivity index (χ2n) is 12.9. The van der Waals surface area contributed by atoms with Gasteiger partial charge in [0.05, 0.1) is 57.6 Å². The fraction of sp³-hybridized carbons (Fsp3) is 0.300. The molecule has 5 heterocycles. The fourth-order valence-electron chi connectivity index (χ4n) is 6.15. The molecule has 5 N–H and O–H groups in total. The van der Waals surface area contributed by atoms with Crippen molar-refractivity contribution < 1.29 is 42.9 Å². The minimum atomic E-state index is -0.788. The average Bonchev–Trinajstić information content (AvgIpc) is 3.52. The zero-order valence-electron chi connectivity index (χ0n) is 32.7. The molecule has 0 fully saturated rings. The van der Waals surface area contributed by atoms with Crippen LogP contribution in [0.2, 0.25) is 0 Å². The number of hydrogen-bond donors (Lipinski definition) is 3. The number of benzene rings is 2. The minimum Gasteiger partial charge on any atom is -0.497 e. The van der Waals surface area contributed by atoms with Gasteiger partial charge >= 0.3 is 17.5 Å². The molecule has 0 saturated carbocycles. The zero-order chi connectivity index (χ0) is 41.9. The Balaban J connectivity index is 0.000000201. The number of fused-ring (bicyclic) bond motifs is 7. The van der Waals surface area contributed by atoms with E-state index in [2.05, 4.69) is 15.0 Å². The molecule has 0 radical (unpaired) electrons. The minimum absolute atomic E-state index is 0.0586. The summed E-state index contributed by atoms with van der Waals surface area (Å²) in [7, 11) is 3.10. The topological polar surface area (TPSA) is 244 Å². The summed E-state index contributed by atoms with van der Waals surface area (Å²) in [5.41, 5.74) is 13.6. The molecule has 2 aliphatic heterocycles. The van der Waals surface area contributed by atoms with Gasteiger partial charge in [-0.1, -0.05) is 24.3 Å². The normalized spacial score (nSPS) is 15.1. The highest BCUT2D eigenvalue weighted by molar-refractivity contribution is 5.93. The number of carbonyl (C=O) groups excluding carboxylic acids is 1. The van der Waals surface area contributed by atoms with Crippen molar-refractivity contribution in [3.05, 3.63) is 105 Å². The van der Waals surface area contributed by atoms with Gasteiger partial charge in [0, 0.05) is 24.3 Å². The van der Waals surface area contributed by atoms with E-state index in [0.29, 0.717) is 84.7 Å². The number of hydrogen-bond acceptors (Lipinski definition) is 15. The van der Waals surface area contributed by atoms with Crippen LogP contribution >= 0.6 is 0 Å². The first-order valence-electron chi connectivity index (χ1n) is 18.5. The van der Waals surface area contributed by atoms with Gasteiger partial charge in [0.1, 0.15) is 47.4 Å². The van der Waals surface area contributed by atoms with E-state index in [9.17, 15) is 19.7 Å². The summed E-state index contributed by atoms with van der Waals surface area (Å²) in [6.45, 7) is 3.41. The summed E-state index contributed by atoms with van der Waals surface area (Å²) in [5.74, 6) is 2.66. The Morgan fingerprint density at radius 3 is 1.97 bits per heavy atom. The van der Waals surface area contributed by atoms with Crippen LogP contribution in [0.15, 0.2) is 77.6 Å². The van der Waals surface area contributed by atoms with E-state index in [1.54, 1.807) is 42.9 Å². The number of H-pyrrole nitrogens is 1. The van der Waals surface area contributed by atoms with E-state index < -0.39 is 16.7 Å². The summed E-state index contributed by atoms with van der Waals surface area (Å²) in [5, 5.41) is 11.8. The SMILES string of the molecule is CCOC(=O)N1Cc2cc(OC)cc(c2)OC/C=C/CCOc2cc1c([N+](=O)[O-])c(N)n2.COc1cc2cc(c1)OC/C=C/CCOc1cc3c([nH]c(=O)n3C2)c(N)n1. The summed E-state index contributed by atoms with van der Waals surface area (Å²) in [6.07, 6.45) is 8.09. The number of pyridine rings is 2. The molecule has 0 saturated heterocycles. The van der Waals surface area contributed by atoms with Crippen molar-refractivity contribution in [2.75, 3.05) is 63.6 Å². The number of methoxy groups -OCH3 is 2. The van der Waals surface area contributed by atoms with Crippen LogP contribution in [0.3, 0.4) is 0 Å². The lowest BCUT2D eigenvalue weighted by molar-refractivity contribution is -0.383. The number of nitrogen functional groups attached to an aromatic ring is 2. The van der Waals surface area contributed by atoms with Gasteiger partial charge in [-0.15, -0.1) is 0 Å². The number of aromatic amines is 1. The summed E-state index contributed by atoms with van der Waals surface area (Å²) in [4.78, 5) is 48.5. The number of anilines is 3. The van der Waals surface area contributed by atoms with E-state index >= 15 is 0 Å². The van der Waals surface area contributed by atoms with E-state index in [-0.39, 0.29) is 48.7 Å². The van der Waals surface area contributed by atoms with Crippen molar-refractivity contribution in [1.82, 2.24) is 19.5 Å². The molecule has 7 rings (SSSR count). The lowest BCUT2D eigenvalue weighted by Crippen LogP contribution is -2.32. The molecular weight excluding hydrogens is 768 g/mol. The molecule has 2 aromatic carbocycles. The van der Waals surface area contributed by atoms with Crippen LogP contribution in [-0.4, -0.2) is 77.8 Å². The van der Waals surface area contributed by atoms with Crippen molar-refractivity contribution in [1.29, 1.82) is 0 Å². The number of nitrogens with one attached hydrogen (secondary N) is 1. The van der Waals surface area contributed by atoms with E-state index in [0.717, 1.165) is 10.5 Å². The van der Waals surface area contributed by atoms with Crippen molar-refractivity contribution in [2.45, 2.75) is 32.9 Å². The monoisotopic (exact) mass is 812 g/mol. The number of nitrogens with two attached hydrogens (primary N) is 2. The van der Waals surface area contributed by atoms with Gasteiger partial charge in [0.15, 0.2) is 5.82 Å². The third-order valence-corrected chi connectivity index (χ3v) is 8.84. The number of nitrogens with zero attached hydrogens (tertiary/aromatic N) is 5. The first kappa shape index (κ1) is 41.2. The molecule has 0 unspecified atom stereocenters. The molecule has 0 spiro atoms. The predicted octanol–water partition coefficient (Wildman–Crippen LogP) is 5.54. The lowest BCUT2D eigenvalue weighted by Gasteiger charge is -2.23. The number of imidazole rings is 1. The van der Waals surface area contributed by atoms with Gasteiger partial charge < -0.3 is 49.6 Å². The molecule has 3 aromatic heterocycles. The Morgan fingerprint density at radius 2 is 1.39 bits per heavy atom. The maximum Gasteiger partial charge on any atom is 0.414 e. The molecule has 0 atom stereocenters. The predicted molar refractivity (Wildman–Crippen MR) is 218 cm³/mol. The highest BCUT2D eigenvalue weighted by Crippen LogP contribution is 2.38. The molecule has 1 amide bonds. The second-order valence-corrected chi connectivity index (χ2v) is 12.9. The lowest BCUT2D eigenvalue weighted by atomic mass is 10.1. The van der Waals surface area contributed by atoms with Crippen LogP contribution < -0.4 is 50.5 Å². The molecule has 0 aliphatic carbocycles. The van der Waals surface area contributed by atoms with Crippen molar-refractivity contribution in [2.24, 2.45) is 0 Å². The summed E-state index contributed by atoms with van der Waals surface area (Å²) >= 11 is 0. The van der Waals surface area contributed by atoms with Crippen LogP contribution in [0.25, 0.3) is 11.0 Å². The molecular formula is C40H44N8O11. The second kappa shape index (κ2) is 19.1. The van der Waals surface area contributed by atoms with Gasteiger partial charge in [-0.05, 0) is 55.2 Å². The maximum atomic E-state index is 12.8. The smallest absolute Gasteiger partial charge is 0.414 e. The van der Waals surface area contributed by atoms with Crippen molar-refractivity contribution >= 4 is 40.1 Å². The van der Waals surface area contributed by atoms with E-state index in [4.69, 9.17) is 44.6 Å². The quantitative estimate of drug-likeness (QED) is 0.115. The summed E-state index contributed by atoms with van der Waals surface area (Å²) in [6, 6.07) is 13.7. The first-order valence-corrected chi connectivity index (χ1v) is 18.5. The van der Waals surface area contributed by atoms with Gasteiger partial charge in [-0.25, -0.2) is 9.59 Å². The number of rotatable bonds is 4. The molecule has 8 bridgehead atoms. The van der Waals surface area contributed by atoms with Gasteiger partial charge in [-0.3, -0.25) is 19.6 Å². The maximum absolute atomic E-state index is 12.8. The van der Waals surface area contributed by atoms with Crippen LogP contribution in [-0.2, 0) is 17.8 Å². The van der Waals surface area contributed by atoms with Crippen LogP contribution in [0.4, 0.5) is 27.8 Å². The average molecular weight is 813 g/mol. The standard InChI is InChI=1S/C21H24N4O7.C19H20N4O4/c1-3-30-21(26)24-13-14-9-15(29-2)11-16(10-14)31-7-5-4-6-8-32-18-12-17(24)19(25(27)28)20(22)23-18;1-25-13-7-12-8-14(9-13)26-5-3-2-4-6-27-16-10-15-17(18(20)21-16)22-19(24)23(15)11-12/h4-5,9-12H,3,6-8,13H2,1-2H3,(H2,22,23);2-3,7-10H,4-6,11H2,1H3,(H2,20,21)(H,22,24)/b5-4+;3-2+. The van der Waals surface area contributed by atoms with Crippen molar-refractivity contribution in [3.63, 3.8) is 0 Å². The van der Waals surface area contributed by atoms with Crippen LogP contribution in [0, 0.1) is 10.1 Å². The van der Waals surface area contributed by atoms with Gasteiger partial charge in [0.2, 0.25) is 17.6 Å². The number of amides is 1. The molecule has 2 aliphatic rings. The Bertz CT molecular complexity index is 2430. The van der Waals surface area contributed by atoms with E-state index in [1.807, 2.05) is 42.5 Å². The third kappa shape index (κ3) is 10.3. The Hall–Kier alpha value is -7.44. The molecule has 310 valence electrons.